The zero-order valence-electron chi connectivity index (χ0n) is 17.6. The molecular weight excluding hydrogens is 406 g/mol. The molecule has 1 N–H and O–H groups in total. The van der Waals surface area contributed by atoms with Gasteiger partial charge in [-0.15, -0.1) is 0 Å². The molecule has 166 valence electrons. The van der Waals surface area contributed by atoms with E-state index in [2.05, 4.69) is 9.98 Å². The van der Waals surface area contributed by atoms with Crippen molar-refractivity contribution in [3.8, 4) is 0 Å². The highest BCUT2D eigenvalue weighted by atomic mass is 16.6. The van der Waals surface area contributed by atoms with Crippen LogP contribution in [0.1, 0.15) is 32.3 Å². The zero-order valence-corrected chi connectivity index (χ0v) is 17.6. The summed E-state index contributed by atoms with van der Waals surface area (Å²) in [7, 11) is 0. The van der Waals surface area contributed by atoms with E-state index in [4.69, 9.17) is 14.6 Å². The van der Waals surface area contributed by atoms with Crippen molar-refractivity contribution in [3.63, 3.8) is 0 Å². The summed E-state index contributed by atoms with van der Waals surface area (Å²) in [5, 5.41) is 20.7. The fourth-order valence-electron chi connectivity index (χ4n) is 3.43. The SMILES string of the molecule is CCOC(=O)C1=C(C=NCCO)N=C(C)C(C(=O)OCC)C1c1ccccc1[N+](=O)[O-]. The van der Waals surface area contributed by atoms with E-state index >= 15 is 0 Å². The van der Waals surface area contributed by atoms with E-state index < -0.39 is 28.7 Å². The molecule has 1 aromatic carbocycles. The molecule has 0 aliphatic carbocycles. The number of aliphatic hydroxyl groups excluding tert-OH is 1. The lowest BCUT2D eigenvalue weighted by atomic mass is 9.75. The molecular formula is C21H25N3O7. The molecule has 0 spiro atoms. The Morgan fingerprint density at radius 3 is 2.55 bits per heavy atom. The molecule has 1 aliphatic rings. The van der Waals surface area contributed by atoms with E-state index in [9.17, 15) is 19.7 Å². The Balaban J connectivity index is 2.82. The molecule has 0 saturated heterocycles. The molecule has 10 nitrogen and oxygen atoms in total. The van der Waals surface area contributed by atoms with Gasteiger partial charge in [-0.2, -0.15) is 0 Å². The molecule has 1 aliphatic heterocycles. The number of esters is 2. The first-order chi connectivity index (χ1) is 14.9. The first-order valence-corrected chi connectivity index (χ1v) is 9.84. The van der Waals surface area contributed by atoms with Crippen LogP contribution in [0, 0.1) is 16.0 Å². The molecule has 1 aromatic rings. The molecule has 0 bridgehead atoms. The minimum Gasteiger partial charge on any atom is -0.465 e. The van der Waals surface area contributed by atoms with Crippen molar-refractivity contribution < 1.29 is 29.1 Å². The average molecular weight is 431 g/mol. The summed E-state index contributed by atoms with van der Waals surface area (Å²) in [6.07, 6.45) is 1.30. The minimum atomic E-state index is -1.06. The Morgan fingerprint density at radius 2 is 1.94 bits per heavy atom. The number of nitro groups is 1. The largest absolute Gasteiger partial charge is 0.465 e. The molecule has 10 heteroatoms. The Labute approximate surface area is 179 Å². The smallest absolute Gasteiger partial charge is 0.336 e. The molecule has 0 fully saturated rings. The Kier molecular flexibility index (Phi) is 8.56. The van der Waals surface area contributed by atoms with Crippen LogP contribution in [0.3, 0.4) is 0 Å². The van der Waals surface area contributed by atoms with E-state index in [1.807, 2.05) is 0 Å². The molecule has 0 amide bonds. The lowest BCUT2D eigenvalue weighted by molar-refractivity contribution is -0.385. The van der Waals surface area contributed by atoms with E-state index in [0.29, 0.717) is 5.71 Å². The summed E-state index contributed by atoms with van der Waals surface area (Å²) in [5.41, 5.74) is 0.329. The number of ether oxygens (including phenoxy) is 2. The monoisotopic (exact) mass is 431 g/mol. The lowest BCUT2D eigenvalue weighted by Crippen LogP contribution is -2.37. The summed E-state index contributed by atoms with van der Waals surface area (Å²) < 4.78 is 10.4. The predicted molar refractivity (Wildman–Crippen MR) is 113 cm³/mol. The van der Waals surface area contributed by atoms with Crippen LogP contribution in [0.4, 0.5) is 5.69 Å². The Bertz CT molecular complexity index is 937. The van der Waals surface area contributed by atoms with Crippen LogP contribution < -0.4 is 0 Å². The summed E-state index contributed by atoms with van der Waals surface area (Å²) in [6.45, 7) is 4.87. The van der Waals surface area contributed by atoms with Gasteiger partial charge in [0.15, 0.2) is 0 Å². The molecule has 2 atom stereocenters. The van der Waals surface area contributed by atoms with Crippen molar-refractivity contribution in [2.45, 2.75) is 26.7 Å². The first-order valence-electron chi connectivity index (χ1n) is 9.84. The number of benzene rings is 1. The molecule has 31 heavy (non-hydrogen) atoms. The second-order valence-corrected chi connectivity index (χ2v) is 6.55. The fourth-order valence-corrected chi connectivity index (χ4v) is 3.43. The van der Waals surface area contributed by atoms with Crippen molar-refractivity contribution in [1.82, 2.24) is 0 Å². The summed E-state index contributed by atoms with van der Waals surface area (Å²) in [6, 6.07) is 5.90. The van der Waals surface area contributed by atoms with E-state index in [1.54, 1.807) is 26.8 Å². The lowest BCUT2D eigenvalue weighted by Gasteiger charge is -2.31. The normalized spacial score (nSPS) is 18.6. The van der Waals surface area contributed by atoms with Gasteiger partial charge < -0.3 is 14.6 Å². The number of rotatable bonds is 9. The maximum Gasteiger partial charge on any atom is 0.336 e. The number of aliphatic imine (C=N–C) groups is 2. The number of para-hydroxylation sites is 1. The fraction of sp³-hybridized carbons (Fsp3) is 0.429. The summed E-state index contributed by atoms with van der Waals surface area (Å²) >= 11 is 0. The number of carbonyl (C=O) groups excluding carboxylic acids is 2. The van der Waals surface area contributed by atoms with Crippen LogP contribution in [0.5, 0.6) is 0 Å². The molecule has 0 saturated carbocycles. The highest BCUT2D eigenvalue weighted by Crippen LogP contribution is 2.43. The number of hydrogen-bond acceptors (Lipinski definition) is 9. The second kappa shape index (κ2) is 11.1. The minimum absolute atomic E-state index is 0.0264. The van der Waals surface area contributed by atoms with Crippen molar-refractivity contribution in [1.29, 1.82) is 0 Å². The van der Waals surface area contributed by atoms with Crippen LogP contribution in [0.2, 0.25) is 0 Å². The molecule has 2 rings (SSSR count). The van der Waals surface area contributed by atoms with Gasteiger partial charge in [0, 0.05) is 29.5 Å². The second-order valence-electron chi connectivity index (χ2n) is 6.55. The van der Waals surface area contributed by atoms with Gasteiger partial charge in [-0.3, -0.25) is 24.9 Å². The third-order valence-electron chi connectivity index (χ3n) is 4.61. The van der Waals surface area contributed by atoms with Crippen molar-refractivity contribution in [2.24, 2.45) is 15.9 Å². The van der Waals surface area contributed by atoms with Crippen LogP contribution in [-0.2, 0) is 19.1 Å². The first kappa shape index (κ1) is 23.9. The molecule has 1 heterocycles. The quantitative estimate of drug-likeness (QED) is 0.273. The Hall–Kier alpha value is -3.40. The third-order valence-corrected chi connectivity index (χ3v) is 4.61. The topological polar surface area (TPSA) is 141 Å². The van der Waals surface area contributed by atoms with Gasteiger partial charge >= 0.3 is 11.9 Å². The van der Waals surface area contributed by atoms with Gasteiger partial charge in [-0.1, -0.05) is 18.2 Å². The maximum absolute atomic E-state index is 13.0. The zero-order chi connectivity index (χ0) is 23.0. The van der Waals surface area contributed by atoms with E-state index in [1.165, 1.54) is 24.4 Å². The number of allylic oxidation sites excluding steroid dienone is 1. The van der Waals surface area contributed by atoms with Crippen molar-refractivity contribution in [2.75, 3.05) is 26.4 Å². The number of aliphatic hydroxyl groups is 1. The van der Waals surface area contributed by atoms with Gasteiger partial charge in [0.25, 0.3) is 5.69 Å². The van der Waals surface area contributed by atoms with Gasteiger partial charge in [-0.05, 0) is 20.8 Å². The standard InChI is InChI=1S/C21H25N3O7/c1-4-30-20(26)17-13(3)23-15(12-22-10-11-25)19(21(27)31-5-2)18(17)14-8-6-7-9-16(14)24(28)29/h6-9,12,17-18,25H,4-5,10-11H2,1-3H3. The average Bonchev–Trinajstić information content (AvgIpc) is 2.73. The van der Waals surface area contributed by atoms with Gasteiger partial charge in [0.05, 0.1) is 42.6 Å². The Morgan fingerprint density at radius 1 is 1.26 bits per heavy atom. The van der Waals surface area contributed by atoms with Crippen LogP contribution in [0.15, 0.2) is 45.5 Å². The van der Waals surface area contributed by atoms with Gasteiger partial charge in [0.2, 0.25) is 0 Å². The van der Waals surface area contributed by atoms with E-state index in [0.717, 1.165) is 0 Å². The highest BCUT2D eigenvalue weighted by Gasteiger charge is 2.45. The number of nitrogens with zero attached hydrogens (tertiary/aromatic N) is 3. The number of nitro benzene ring substituents is 1. The van der Waals surface area contributed by atoms with Gasteiger partial charge in [0.1, 0.15) is 5.92 Å². The third kappa shape index (κ3) is 5.40. The highest BCUT2D eigenvalue weighted by molar-refractivity contribution is 6.10. The molecule has 0 aromatic heterocycles. The molecule has 0 radical (unpaired) electrons. The predicted octanol–water partition coefficient (Wildman–Crippen LogP) is 2.21. The van der Waals surface area contributed by atoms with Crippen LogP contribution in [-0.4, -0.2) is 60.3 Å². The number of carbonyl (C=O) groups is 2. The maximum atomic E-state index is 13.0. The van der Waals surface area contributed by atoms with Crippen molar-refractivity contribution in [3.05, 3.63) is 51.2 Å². The van der Waals surface area contributed by atoms with E-state index in [-0.39, 0.29) is 48.9 Å². The summed E-state index contributed by atoms with van der Waals surface area (Å²) in [5.74, 6) is -3.54. The van der Waals surface area contributed by atoms with Crippen molar-refractivity contribution >= 4 is 29.6 Å². The summed E-state index contributed by atoms with van der Waals surface area (Å²) in [4.78, 5) is 45.4. The van der Waals surface area contributed by atoms with Crippen LogP contribution >= 0.6 is 0 Å². The van der Waals surface area contributed by atoms with Crippen LogP contribution in [0.25, 0.3) is 0 Å². The number of hydrogen-bond donors (Lipinski definition) is 1. The van der Waals surface area contributed by atoms with Gasteiger partial charge in [-0.25, -0.2) is 4.79 Å². The molecule has 2 unspecified atom stereocenters.